The van der Waals surface area contributed by atoms with E-state index in [0.29, 0.717) is 12.1 Å². The molecule has 0 amide bonds. The molecule has 0 radical (unpaired) electrons. The lowest BCUT2D eigenvalue weighted by Gasteiger charge is -2.15. The molecule has 0 saturated heterocycles. The Kier molecular flexibility index (Phi) is 6.54. The van der Waals surface area contributed by atoms with Gasteiger partial charge in [0.15, 0.2) is 5.78 Å². The summed E-state index contributed by atoms with van der Waals surface area (Å²) in [5.74, 6) is -0.254. The zero-order valence-electron chi connectivity index (χ0n) is 11.1. The lowest BCUT2D eigenvalue weighted by molar-refractivity contribution is -0.119. The fraction of sp³-hybridized carbons (Fsp3) is 0.500. The van der Waals surface area contributed by atoms with E-state index in [2.05, 4.69) is 5.32 Å². The molecule has 0 spiro atoms. The summed E-state index contributed by atoms with van der Waals surface area (Å²) in [4.78, 5) is 13.8. The van der Waals surface area contributed by atoms with Crippen molar-refractivity contribution in [1.82, 2.24) is 10.2 Å². The van der Waals surface area contributed by atoms with Gasteiger partial charge in [-0.25, -0.2) is 4.39 Å². The van der Waals surface area contributed by atoms with Crippen LogP contribution in [-0.4, -0.2) is 44.4 Å². The lowest BCUT2D eigenvalue weighted by Crippen LogP contribution is -2.29. The number of carbonyl (C=O) groups excluding carboxylic acids is 1. The predicted octanol–water partition coefficient (Wildman–Crippen LogP) is 1.48. The summed E-state index contributed by atoms with van der Waals surface area (Å²) < 4.78 is 13.4. The van der Waals surface area contributed by atoms with Crippen molar-refractivity contribution in [3.8, 4) is 0 Å². The number of hydrogen-bond acceptors (Lipinski definition) is 3. The second-order valence-corrected chi connectivity index (χ2v) is 4.50. The molecule has 0 atom stereocenters. The average Bonchev–Trinajstić information content (AvgIpc) is 2.32. The lowest BCUT2D eigenvalue weighted by atomic mass is 10.1. The van der Waals surface area contributed by atoms with Crippen LogP contribution in [0.1, 0.15) is 12.0 Å². The van der Waals surface area contributed by atoms with Crippen LogP contribution in [0.4, 0.5) is 4.39 Å². The number of Topliss-reactive ketones (excluding diaryl/α,β-unsaturated/α-hetero) is 1. The summed E-state index contributed by atoms with van der Waals surface area (Å²) in [5, 5.41) is 3.06. The molecule has 1 aromatic carbocycles. The van der Waals surface area contributed by atoms with Crippen molar-refractivity contribution in [2.45, 2.75) is 12.8 Å². The van der Waals surface area contributed by atoms with Crippen LogP contribution in [0.3, 0.4) is 0 Å². The summed E-state index contributed by atoms with van der Waals surface area (Å²) in [6.07, 6.45) is 1.17. The van der Waals surface area contributed by atoms with Gasteiger partial charge in [-0.05, 0) is 45.2 Å². The molecule has 4 heteroatoms. The van der Waals surface area contributed by atoms with Gasteiger partial charge in [-0.1, -0.05) is 18.2 Å². The van der Waals surface area contributed by atoms with Crippen LogP contribution in [0.15, 0.2) is 24.3 Å². The highest BCUT2D eigenvalue weighted by atomic mass is 19.1. The molecule has 0 aliphatic heterocycles. The maximum atomic E-state index is 13.4. The van der Waals surface area contributed by atoms with E-state index in [9.17, 15) is 9.18 Å². The number of nitrogens with zero attached hydrogens (tertiary/aromatic N) is 1. The largest absolute Gasteiger partial charge is 0.320 e. The van der Waals surface area contributed by atoms with Crippen LogP contribution in [0.5, 0.6) is 0 Å². The van der Waals surface area contributed by atoms with Crippen LogP contribution in [0.25, 0.3) is 0 Å². The Morgan fingerprint density at radius 2 is 2.11 bits per heavy atom. The number of likely N-dealkylation sites (N-methyl/N-ethyl adjacent to an activating group) is 1. The van der Waals surface area contributed by atoms with Gasteiger partial charge < -0.3 is 5.32 Å². The molecular formula is C14H21FN2O. The first-order valence-corrected chi connectivity index (χ1v) is 6.21. The minimum atomic E-state index is -0.302. The third kappa shape index (κ3) is 5.38. The Morgan fingerprint density at radius 1 is 1.39 bits per heavy atom. The van der Waals surface area contributed by atoms with Crippen molar-refractivity contribution in [1.29, 1.82) is 0 Å². The molecular weight excluding hydrogens is 231 g/mol. The summed E-state index contributed by atoms with van der Waals surface area (Å²) in [5.41, 5.74) is 0.478. The van der Waals surface area contributed by atoms with Gasteiger partial charge in [-0.15, -0.1) is 0 Å². The van der Waals surface area contributed by atoms with Gasteiger partial charge in [0.05, 0.1) is 6.54 Å². The number of nitrogens with one attached hydrogen (secondary N) is 1. The molecule has 0 fully saturated rings. The number of halogens is 1. The van der Waals surface area contributed by atoms with Gasteiger partial charge in [0.2, 0.25) is 0 Å². The van der Waals surface area contributed by atoms with Crippen molar-refractivity contribution in [2.24, 2.45) is 0 Å². The highest BCUT2D eigenvalue weighted by molar-refractivity contribution is 5.82. The maximum Gasteiger partial charge on any atom is 0.151 e. The van der Waals surface area contributed by atoms with Crippen LogP contribution >= 0.6 is 0 Å². The predicted molar refractivity (Wildman–Crippen MR) is 71.2 cm³/mol. The van der Waals surface area contributed by atoms with E-state index in [1.165, 1.54) is 6.07 Å². The van der Waals surface area contributed by atoms with Gasteiger partial charge >= 0.3 is 0 Å². The maximum absolute atomic E-state index is 13.4. The van der Waals surface area contributed by atoms with Crippen molar-refractivity contribution in [3.63, 3.8) is 0 Å². The molecule has 0 aliphatic rings. The molecule has 100 valence electrons. The molecule has 0 bridgehead atoms. The molecule has 18 heavy (non-hydrogen) atoms. The third-order valence-electron chi connectivity index (χ3n) is 2.76. The highest BCUT2D eigenvalue weighted by Gasteiger charge is 2.10. The molecule has 0 aromatic heterocycles. The Morgan fingerprint density at radius 3 is 2.78 bits per heavy atom. The first-order chi connectivity index (χ1) is 8.63. The van der Waals surface area contributed by atoms with E-state index in [-0.39, 0.29) is 18.0 Å². The van der Waals surface area contributed by atoms with E-state index in [1.54, 1.807) is 18.2 Å². The van der Waals surface area contributed by atoms with E-state index in [4.69, 9.17) is 0 Å². The number of rotatable bonds is 8. The van der Waals surface area contributed by atoms with E-state index in [1.807, 2.05) is 19.0 Å². The van der Waals surface area contributed by atoms with Crippen molar-refractivity contribution in [3.05, 3.63) is 35.6 Å². The normalized spacial score (nSPS) is 10.9. The number of carbonyl (C=O) groups is 1. The Labute approximate surface area is 108 Å². The quantitative estimate of drug-likeness (QED) is 0.711. The van der Waals surface area contributed by atoms with Gasteiger partial charge in [0.25, 0.3) is 0 Å². The SMILES string of the molecule is CNCCCN(C)CC(=O)Cc1ccccc1F. The summed E-state index contributed by atoms with van der Waals surface area (Å²) in [6.45, 7) is 2.17. The first-order valence-electron chi connectivity index (χ1n) is 6.21. The van der Waals surface area contributed by atoms with Crippen LogP contribution < -0.4 is 5.32 Å². The van der Waals surface area contributed by atoms with Crippen LogP contribution in [0.2, 0.25) is 0 Å². The smallest absolute Gasteiger partial charge is 0.151 e. The standard InChI is InChI=1S/C14H21FN2O/c1-16-8-5-9-17(2)11-13(18)10-12-6-3-4-7-14(12)15/h3-4,6-7,16H,5,8-11H2,1-2H3. The van der Waals surface area contributed by atoms with Gasteiger partial charge in [0.1, 0.15) is 5.82 Å². The Balaban J connectivity index is 2.35. The number of hydrogen-bond donors (Lipinski definition) is 1. The topological polar surface area (TPSA) is 32.3 Å². The van der Waals surface area contributed by atoms with Crippen molar-refractivity contribution in [2.75, 3.05) is 33.7 Å². The second kappa shape index (κ2) is 7.95. The first kappa shape index (κ1) is 14.8. The van der Waals surface area contributed by atoms with Crippen molar-refractivity contribution < 1.29 is 9.18 Å². The second-order valence-electron chi connectivity index (χ2n) is 4.50. The summed E-state index contributed by atoms with van der Waals surface area (Å²) in [6, 6.07) is 6.43. The molecule has 0 unspecified atom stereocenters. The minimum Gasteiger partial charge on any atom is -0.320 e. The molecule has 1 aromatic rings. The Hall–Kier alpha value is -1.26. The van der Waals surface area contributed by atoms with Gasteiger partial charge in [-0.2, -0.15) is 0 Å². The Bertz CT molecular complexity index is 382. The molecule has 0 heterocycles. The fourth-order valence-electron chi connectivity index (χ4n) is 1.82. The number of ketones is 1. The number of benzene rings is 1. The average molecular weight is 252 g/mol. The highest BCUT2D eigenvalue weighted by Crippen LogP contribution is 2.07. The zero-order chi connectivity index (χ0) is 13.4. The molecule has 0 saturated carbocycles. The van der Waals surface area contributed by atoms with E-state index < -0.39 is 0 Å². The monoisotopic (exact) mass is 252 g/mol. The zero-order valence-corrected chi connectivity index (χ0v) is 11.1. The third-order valence-corrected chi connectivity index (χ3v) is 2.76. The fourth-order valence-corrected chi connectivity index (χ4v) is 1.82. The van der Waals surface area contributed by atoms with Crippen LogP contribution in [0, 0.1) is 5.82 Å². The summed E-state index contributed by atoms with van der Waals surface area (Å²) in [7, 11) is 3.82. The van der Waals surface area contributed by atoms with Crippen LogP contribution in [-0.2, 0) is 11.2 Å². The van der Waals surface area contributed by atoms with E-state index in [0.717, 1.165) is 19.5 Å². The molecule has 0 aliphatic carbocycles. The van der Waals surface area contributed by atoms with Gasteiger partial charge in [-0.3, -0.25) is 9.69 Å². The molecule has 3 nitrogen and oxygen atoms in total. The summed E-state index contributed by atoms with van der Waals surface area (Å²) >= 11 is 0. The van der Waals surface area contributed by atoms with E-state index >= 15 is 0 Å². The van der Waals surface area contributed by atoms with Gasteiger partial charge in [0, 0.05) is 6.42 Å². The molecule has 1 rings (SSSR count). The minimum absolute atomic E-state index is 0.0482. The van der Waals surface area contributed by atoms with Crippen molar-refractivity contribution >= 4 is 5.78 Å². The molecule has 1 N–H and O–H groups in total.